The van der Waals surface area contributed by atoms with Gasteiger partial charge in [0, 0.05) is 30.2 Å². The molecular formula is C10H28MnN2-4. The molecule has 0 rings (SSSR count). The fourth-order valence-corrected chi connectivity index (χ4v) is 0. The van der Waals surface area contributed by atoms with Crippen molar-refractivity contribution in [2.75, 3.05) is 13.1 Å². The third-order valence-electron chi connectivity index (χ3n) is 0.167. The molecule has 0 amide bonds. The van der Waals surface area contributed by atoms with Gasteiger partial charge in [-0.25, -0.2) is 0 Å². The molecule has 89 valence electrons. The molecule has 2 nitrogen and oxygen atoms in total. The van der Waals surface area contributed by atoms with Crippen LogP contribution in [0.4, 0.5) is 0 Å². The Hall–Kier alpha value is 0.439. The molecule has 0 aliphatic rings. The van der Waals surface area contributed by atoms with Gasteiger partial charge >= 0.3 is 0 Å². The number of hydrogen-bond acceptors (Lipinski definition) is 2. The van der Waals surface area contributed by atoms with E-state index in [4.69, 9.17) is 11.5 Å². The van der Waals surface area contributed by atoms with Crippen LogP contribution in [0.1, 0.15) is 27.7 Å². The molecule has 13 heavy (non-hydrogen) atoms. The molecule has 0 spiro atoms. The number of nitrogens with two attached hydrogens (primary N) is 2. The van der Waals surface area contributed by atoms with Crippen molar-refractivity contribution < 1.29 is 17.1 Å². The van der Waals surface area contributed by atoms with Gasteiger partial charge in [0.2, 0.25) is 0 Å². The van der Waals surface area contributed by atoms with E-state index in [9.17, 15) is 0 Å². The van der Waals surface area contributed by atoms with Gasteiger partial charge in [0.1, 0.15) is 0 Å². The van der Waals surface area contributed by atoms with Crippen molar-refractivity contribution in [3.8, 4) is 0 Å². The molecule has 0 aromatic carbocycles. The largest absolute Gasteiger partial charge is 0.346 e. The van der Waals surface area contributed by atoms with Crippen LogP contribution in [0.2, 0.25) is 0 Å². The zero-order valence-electron chi connectivity index (χ0n) is 9.78. The molecule has 0 heterocycles. The van der Waals surface area contributed by atoms with Gasteiger partial charge in [-0.2, -0.15) is 27.7 Å². The molecule has 0 atom stereocenters. The molecule has 0 bridgehead atoms. The summed E-state index contributed by atoms with van der Waals surface area (Å²) in [5.74, 6) is 0. The first-order valence-corrected chi connectivity index (χ1v) is 4.14. The Morgan fingerprint density at radius 3 is 0.692 bits per heavy atom. The fraction of sp³-hybridized carbons (Fsp3) is 0.600. The van der Waals surface area contributed by atoms with Crippen LogP contribution >= 0.6 is 0 Å². The van der Waals surface area contributed by atoms with Gasteiger partial charge in [-0.05, 0) is 0 Å². The van der Waals surface area contributed by atoms with Crippen LogP contribution in [0.25, 0.3) is 0 Å². The molecule has 4 N–H and O–H groups in total. The van der Waals surface area contributed by atoms with Crippen molar-refractivity contribution in [2.45, 2.75) is 27.7 Å². The minimum Gasteiger partial charge on any atom is -0.346 e. The van der Waals surface area contributed by atoms with Gasteiger partial charge in [-0.1, -0.05) is 0 Å². The van der Waals surface area contributed by atoms with Gasteiger partial charge in [0.05, 0.1) is 0 Å². The van der Waals surface area contributed by atoms with E-state index in [0.717, 1.165) is 0 Å². The summed E-state index contributed by atoms with van der Waals surface area (Å²) in [6.07, 6.45) is 0. The van der Waals surface area contributed by atoms with E-state index in [1.165, 1.54) is 0 Å². The van der Waals surface area contributed by atoms with Crippen LogP contribution in [0.5, 0.6) is 0 Å². The van der Waals surface area contributed by atoms with Crippen LogP contribution in [0, 0.1) is 27.7 Å². The average molecular weight is 231 g/mol. The van der Waals surface area contributed by atoms with Crippen molar-refractivity contribution in [1.29, 1.82) is 0 Å². The van der Waals surface area contributed by atoms with Crippen molar-refractivity contribution in [1.82, 2.24) is 0 Å². The van der Waals surface area contributed by atoms with E-state index >= 15 is 0 Å². The predicted molar refractivity (Wildman–Crippen MR) is 62.2 cm³/mol. The quantitative estimate of drug-likeness (QED) is 0.537. The van der Waals surface area contributed by atoms with E-state index in [2.05, 4.69) is 27.7 Å². The van der Waals surface area contributed by atoms with Crippen molar-refractivity contribution in [3.05, 3.63) is 27.7 Å². The Morgan fingerprint density at radius 2 is 0.692 bits per heavy atom. The van der Waals surface area contributed by atoms with Gasteiger partial charge in [0.25, 0.3) is 0 Å². The first kappa shape index (κ1) is 37.6. The van der Waals surface area contributed by atoms with Crippen LogP contribution < -0.4 is 11.5 Å². The van der Waals surface area contributed by atoms with Crippen LogP contribution in [-0.4, -0.2) is 13.1 Å². The zero-order chi connectivity index (χ0) is 11.4. The van der Waals surface area contributed by atoms with Gasteiger partial charge in [0.15, 0.2) is 0 Å². The third kappa shape index (κ3) is 654. The maximum Gasteiger partial charge on any atom is 0.00461 e. The summed E-state index contributed by atoms with van der Waals surface area (Å²) >= 11 is 0. The van der Waals surface area contributed by atoms with Crippen LogP contribution in [0.15, 0.2) is 0 Å². The average Bonchev–Trinajstić information content (AvgIpc) is 2.29. The maximum absolute atomic E-state index is 4.90. The first-order valence-electron chi connectivity index (χ1n) is 4.14. The molecule has 0 aromatic rings. The Kier molecular flexibility index (Phi) is 791. The molecule has 0 unspecified atom stereocenters. The van der Waals surface area contributed by atoms with E-state index < -0.39 is 0 Å². The molecular weight excluding hydrogens is 203 g/mol. The minimum atomic E-state index is 0. The Labute approximate surface area is 97.3 Å². The van der Waals surface area contributed by atoms with E-state index in [0.29, 0.717) is 13.1 Å². The Morgan fingerprint density at radius 1 is 0.615 bits per heavy atom. The molecule has 3 heteroatoms. The molecule has 1 radical (unpaired) electrons. The van der Waals surface area contributed by atoms with Crippen molar-refractivity contribution in [2.24, 2.45) is 11.5 Å². The van der Waals surface area contributed by atoms with Gasteiger partial charge in [-0.15, -0.1) is 0 Å². The summed E-state index contributed by atoms with van der Waals surface area (Å²) in [5.41, 5.74) is 9.81. The summed E-state index contributed by atoms with van der Waals surface area (Å²) in [6, 6.07) is 0. The molecule has 0 aliphatic carbocycles. The molecule has 0 saturated carbocycles. The molecule has 0 saturated heterocycles. The third-order valence-corrected chi connectivity index (χ3v) is 0.167. The van der Waals surface area contributed by atoms with Gasteiger partial charge in [-0.3, -0.25) is 0 Å². The Balaban J connectivity index is -0.0000000122. The maximum atomic E-state index is 4.90. The standard InChI is InChI=1S/C2H8N2.4C2H5.Mn/c3-1-2-4;4*1-2;/h1-4H2;4*1H2,2H3;/q;4*-1;. The molecule has 0 aromatic heterocycles. The second kappa shape index (κ2) is 274. The summed E-state index contributed by atoms with van der Waals surface area (Å²) in [5, 5.41) is 0. The zero-order valence-corrected chi connectivity index (χ0v) is 11.0. The summed E-state index contributed by atoms with van der Waals surface area (Å²) < 4.78 is 0. The van der Waals surface area contributed by atoms with E-state index in [-0.39, 0.29) is 17.1 Å². The smallest absolute Gasteiger partial charge is 0.00461 e. The first-order chi connectivity index (χ1) is 5.91. The monoisotopic (exact) mass is 231 g/mol. The van der Waals surface area contributed by atoms with Gasteiger partial charge < -0.3 is 39.2 Å². The molecule has 0 aliphatic heterocycles. The van der Waals surface area contributed by atoms with Crippen LogP contribution in [0.3, 0.4) is 0 Å². The van der Waals surface area contributed by atoms with Crippen LogP contribution in [-0.2, 0) is 17.1 Å². The molecule has 0 fully saturated rings. The fourth-order valence-electron chi connectivity index (χ4n) is 0. The minimum absolute atomic E-state index is 0. The summed E-state index contributed by atoms with van der Waals surface area (Å²) in [4.78, 5) is 0. The number of rotatable bonds is 1. The summed E-state index contributed by atoms with van der Waals surface area (Å²) in [7, 11) is 0. The Bertz CT molecular complexity index is 14.9. The van der Waals surface area contributed by atoms with E-state index in [1.54, 1.807) is 27.7 Å². The predicted octanol–water partition coefficient (Wildman–Crippen LogP) is 2.26. The summed E-state index contributed by atoms with van der Waals surface area (Å²) in [6.45, 7) is 21.2. The number of hydrogen-bond donors (Lipinski definition) is 2. The normalized spacial score (nSPS) is 4.15. The second-order valence-electron chi connectivity index (χ2n) is 0.577. The topological polar surface area (TPSA) is 52.0 Å². The van der Waals surface area contributed by atoms with E-state index in [1.807, 2.05) is 0 Å². The van der Waals surface area contributed by atoms with Crippen molar-refractivity contribution in [3.63, 3.8) is 0 Å². The SMILES string of the molecule is NCCN.[CH2-]C.[CH2-]C.[CH2-]C.[CH2-]C.[Mn]. The van der Waals surface area contributed by atoms with Crippen molar-refractivity contribution >= 4 is 0 Å². The second-order valence-corrected chi connectivity index (χ2v) is 0.577.